The molecule has 0 radical (unpaired) electrons. The van der Waals surface area contributed by atoms with E-state index in [9.17, 15) is 4.79 Å². The second-order valence-corrected chi connectivity index (χ2v) is 8.91. The van der Waals surface area contributed by atoms with Crippen molar-refractivity contribution >= 4 is 5.97 Å². The first-order valence-electron chi connectivity index (χ1n) is 11.4. The highest BCUT2D eigenvalue weighted by atomic mass is 16.5. The van der Waals surface area contributed by atoms with Crippen molar-refractivity contribution < 1.29 is 14.1 Å². The van der Waals surface area contributed by atoms with Gasteiger partial charge in [-0.1, -0.05) is 55.4 Å². The van der Waals surface area contributed by atoms with Crippen LogP contribution in [0.5, 0.6) is 0 Å². The molecule has 1 N–H and O–H groups in total. The molecule has 1 saturated carbocycles. The number of carbonyl (C=O) groups is 1. The number of esters is 1. The Balaban J connectivity index is 1.30. The lowest BCUT2D eigenvalue weighted by Gasteiger charge is -2.34. The van der Waals surface area contributed by atoms with Crippen LogP contribution in [0.3, 0.4) is 0 Å². The van der Waals surface area contributed by atoms with E-state index in [1.807, 2.05) is 31.2 Å². The number of hydrogen-bond donors (Lipinski definition) is 1. The topological polar surface area (TPSA) is 77.2 Å². The smallest absolute Gasteiger partial charge is 0.309 e. The Kier molecular flexibility index (Phi) is 7.00. The van der Waals surface area contributed by atoms with Crippen molar-refractivity contribution in [3.63, 3.8) is 0 Å². The van der Waals surface area contributed by atoms with Gasteiger partial charge < -0.3 is 14.6 Å². The van der Waals surface area contributed by atoms with E-state index in [0.29, 0.717) is 30.3 Å². The summed E-state index contributed by atoms with van der Waals surface area (Å²) >= 11 is 0. The summed E-state index contributed by atoms with van der Waals surface area (Å²) < 4.78 is 10.6. The fraction of sp³-hybridized carbons (Fsp3) is 0.423. The van der Waals surface area contributed by atoms with Gasteiger partial charge in [0.05, 0.1) is 12.5 Å². The van der Waals surface area contributed by atoms with E-state index in [-0.39, 0.29) is 11.9 Å². The minimum atomic E-state index is -0.0691. The largest absolute Gasteiger partial charge is 0.466 e. The zero-order valence-electron chi connectivity index (χ0n) is 19.0. The second kappa shape index (κ2) is 10.1. The molecule has 4 rings (SSSR count). The first-order valence-corrected chi connectivity index (χ1v) is 11.4. The van der Waals surface area contributed by atoms with E-state index < -0.39 is 0 Å². The zero-order chi connectivity index (χ0) is 22.5. The molecule has 168 valence electrons. The van der Waals surface area contributed by atoms with E-state index >= 15 is 0 Å². The van der Waals surface area contributed by atoms with Crippen LogP contribution in [0.1, 0.15) is 44.7 Å². The molecule has 1 aliphatic rings. The van der Waals surface area contributed by atoms with Crippen molar-refractivity contribution in [2.24, 2.45) is 11.8 Å². The molecular weight excluding hydrogens is 402 g/mol. The molecule has 0 aliphatic heterocycles. The summed E-state index contributed by atoms with van der Waals surface area (Å²) in [7, 11) is 0. The van der Waals surface area contributed by atoms with Crippen molar-refractivity contribution in [3.8, 4) is 22.8 Å². The third-order valence-electron chi connectivity index (χ3n) is 5.84. The molecule has 3 aromatic rings. The van der Waals surface area contributed by atoms with Gasteiger partial charge in [0.1, 0.15) is 0 Å². The molecule has 0 atom stereocenters. The Hall–Kier alpha value is -2.99. The number of hydrogen-bond acceptors (Lipinski definition) is 6. The summed E-state index contributed by atoms with van der Waals surface area (Å²) in [5.41, 5.74) is 4.34. The van der Waals surface area contributed by atoms with E-state index in [4.69, 9.17) is 9.26 Å². The Bertz CT molecular complexity index is 1020. The number of nitrogens with one attached hydrogen (secondary N) is 1. The summed E-state index contributed by atoms with van der Waals surface area (Å²) in [6.45, 7) is 7.49. The Morgan fingerprint density at radius 1 is 1.06 bits per heavy atom. The van der Waals surface area contributed by atoms with Crippen LogP contribution in [0.4, 0.5) is 0 Å². The average Bonchev–Trinajstić information content (AvgIpc) is 3.23. The van der Waals surface area contributed by atoms with Crippen LogP contribution < -0.4 is 5.32 Å². The Morgan fingerprint density at radius 3 is 2.38 bits per heavy atom. The van der Waals surface area contributed by atoms with Crippen LogP contribution in [0, 0.1) is 11.8 Å². The quantitative estimate of drug-likeness (QED) is 0.477. The molecule has 6 heteroatoms. The molecule has 0 amide bonds. The highest BCUT2D eigenvalue weighted by Crippen LogP contribution is 2.29. The van der Waals surface area contributed by atoms with E-state index in [1.54, 1.807) is 0 Å². The van der Waals surface area contributed by atoms with Crippen LogP contribution in [-0.4, -0.2) is 28.8 Å². The second-order valence-electron chi connectivity index (χ2n) is 8.91. The van der Waals surface area contributed by atoms with Crippen molar-refractivity contribution in [1.82, 2.24) is 15.5 Å². The Labute approximate surface area is 189 Å². The maximum atomic E-state index is 11.7. The minimum Gasteiger partial charge on any atom is -0.466 e. The molecule has 1 aromatic heterocycles. The lowest BCUT2D eigenvalue weighted by Crippen LogP contribution is -2.44. The number of rotatable bonds is 9. The number of aromatic nitrogens is 2. The van der Waals surface area contributed by atoms with Gasteiger partial charge >= 0.3 is 5.97 Å². The fourth-order valence-electron chi connectivity index (χ4n) is 3.98. The number of carbonyl (C=O) groups excluding carboxylic acids is 1. The van der Waals surface area contributed by atoms with Gasteiger partial charge in [-0.05, 0) is 55.4 Å². The predicted molar refractivity (Wildman–Crippen MR) is 124 cm³/mol. The van der Waals surface area contributed by atoms with Gasteiger partial charge in [0.2, 0.25) is 5.82 Å². The molecular formula is C26H31N3O3. The normalized spacial score (nSPS) is 17.9. The molecule has 0 saturated heterocycles. The molecule has 0 spiro atoms. The van der Waals surface area contributed by atoms with Gasteiger partial charge in [0, 0.05) is 23.7 Å². The fourth-order valence-corrected chi connectivity index (χ4v) is 3.98. The maximum absolute atomic E-state index is 11.7. The van der Waals surface area contributed by atoms with Gasteiger partial charge in [0.25, 0.3) is 5.89 Å². The van der Waals surface area contributed by atoms with Gasteiger partial charge in [0.15, 0.2) is 0 Å². The van der Waals surface area contributed by atoms with E-state index in [0.717, 1.165) is 36.9 Å². The van der Waals surface area contributed by atoms with Crippen LogP contribution >= 0.6 is 0 Å². The molecule has 6 nitrogen and oxygen atoms in total. The van der Waals surface area contributed by atoms with Gasteiger partial charge in [-0.3, -0.25) is 4.79 Å². The highest BCUT2D eigenvalue weighted by Gasteiger charge is 2.35. The number of ether oxygens (including phenoxy) is 1. The van der Waals surface area contributed by atoms with Crippen molar-refractivity contribution in [2.45, 2.75) is 52.6 Å². The van der Waals surface area contributed by atoms with Crippen molar-refractivity contribution in [2.75, 3.05) is 6.61 Å². The average molecular weight is 434 g/mol. The lowest BCUT2D eigenvalue weighted by molar-refractivity contribution is -0.151. The van der Waals surface area contributed by atoms with Crippen molar-refractivity contribution in [1.29, 1.82) is 0 Å². The Morgan fingerprint density at radius 2 is 1.72 bits per heavy atom. The third kappa shape index (κ3) is 5.43. The standard InChI is InChI=1S/C26H31N3O3/c1-4-31-26(30)22-14-23(15-22)27-16-19-7-11-21(12-8-19)25-28-24(29-32-25)20-9-5-18(6-10-20)13-17(2)3/h5-12,17,22-23,27H,4,13-16H2,1-3H3. The summed E-state index contributed by atoms with van der Waals surface area (Å²) in [6.07, 6.45) is 2.76. The van der Waals surface area contributed by atoms with Crippen LogP contribution in [-0.2, 0) is 22.5 Å². The summed E-state index contributed by atoms with van der Waals surface area (Å²) in [5, 5.41) is 7.66. The maximum Gasteiger partial charge on any atom is 0.309 e. The van der Waals surface area contributed by atoms with E-state index in [1.165, 1.54) is 11.1 Å². The highest BCUT2D eigenvalue weighted by molar-refractivity contribution is 5.73. The van der Waals surface area contributed by atoms with Crippen LogP contribution in [0.2, 0.25) is 0 Å². The molecule has 1 heterocycles. The molecule has 1 aliphatic carbocycles. The number of nitrogens with zero attached hydrogens (tertiary/aromatic N) is 2. The van der Waals surface area contributed by atoms with Gasteiger partial charge in [-0.25, -0.2) is 0 Å². The lowest BCUT2D eigenvalue weighted by atomic mass is 9.80. The first-order chi connectivity index (χ1) is 15.5. The first kappa shape index (κ1) is 22.2. The van der Waals surface area contributed by atoms with Crippen LogP contribution in [0.15, 0.2) is 53.1 Å². The monoisotopic (exact) mass is 433 g/mol. The van der Waals surface area contributed by atoms with Gasteiger partial charge in [-0.15, -0.1) is 0 Å². The molecule has 2 aromatic carbocycles. The summed E-state index contributed by atoms with van der Waals surface area (Å²) in [5.74, 6) is 1.73. The minimum absolute atomic E-state index is 0.0490. The molecule has 0 bridgehead atoms. The van der Waals surface area contributed by atoms with Crippen molar-refractivity contribution in [3.05, 3.63) is 59.7 Å². The SMILES string of the molecule is CCOC(=O)C1CC(NCc2ccc(-c3nc(-c4ccc(CC(C)C)cc4)no3)cc2)C1. The molecule has 0 unspecified atom stereocenters. The molecule has 1 fully saturated rings. The zero-order valence-corrected chi connectivity index (χ0v) is 19.0. The predicted octanol–water partition coefficient (Wildman–Crippen LogP) is 5.03. The van der Waals surface area contributed by atoms with Crippen LogP contribution in [0.25, 0.3) is 22.8 Å². The third-order valence-corrected chi connectivity index (χ3v) is 5.84. The summed E-state index contributed by atoms with van der Waals surface area (Å²) in [6, 6.07) is 16.9. The van der Waals surface area contributed by atoms with Gasteiger partial charge in [-0.2, -0.15) is 4.98 Å². The number of benzene rings is 2. The molecule has 32 heavy (non-hydrogen) atoms. The summed E-state index contributed by atoms with van der Waals surface area (Å²) in [4.78, 5) is 16.3. The van der Waals surface area contributed by atoms with E-state index in [2.05, 4.69) is 53.6 Å².